The maximum atomic E-state index is 4.12. The first-order chi connectivity index (χ1) is 16.3. The van der Waals surface area contributed by atoms with Crippen LogP contribution in [0.3, 0.4) is 0 Å². The van der Waals surface area contributed by atoms with Gasteiger partial charge in [-0.15, -0.1) is 11.3 Å². The lowest BCUT2D eigenvalue weighted by molar-refractivity contribution is 0.699. The molecule has 10 rings (SSSR count). The van der Waals surface area contributed by atoms with Crippen molar-refractivity contribution in [3.63, 3.8) is 0 Å². The Hall–Kier alpha value is -2.78. The molecule has 0 fully saturated rings. The Bertz CT molecular complexity index is 1340. The molecule has 0 amide bonds. The van der Waals surface area contributed by atoms with Crippen molar-refractivity contribution in [1.82, 2.24) is 0 Å². The van der Waals surface area contributed by atoms with E-state index in [1.807, 2.05) is 0 Å². The number of thiophene rings is 1. The van der Waals surface area contributed by atoms with E-state index in [0.717, 1.165) is 25.7 Å². The summed E-state index contributed by atoms with van der Waals surface area (Å²) in [5.41, 5.74) is 13.4. The van der Waals surface area contributed by atoms with E-state index in [1.165, 1.54) is 64.7 Å². The van der Waals surface area contributed by atoms with Crippen LogP contribution in [-0.2, 0) is 38.5 Å². The Labute approximate surface area is 201 Å². The molecular formula is C30H28BNS. The normalized spacial score (nSPS) is 16.3. The standard InChI is InChI=1S/C30H28BNS/c1-2-6-24(7-3-1)31-28-25-8-4-5-9-26(25)33-30(28)27-22-16-14-20-10-12-21(13-11-20)15-17-23(19-18-22)29(27)32-31/h1-3,6-7,10-13,18-19,32H,4-5,8-9,14-17H2. The average Bonchev–Trinajstić information content (AvgIpc) is 3.25. The second-order valence-electron chi connectivity index (χ2n) is 9.89. The van der Waals surface area contributed by atoms with Crippen molar-refractivity contribution in [3.05, 3.63) is 99.4 Å². The summed E-state index contributed by atoms with van der Waals surface area (Å²) in [5, 5.41) is 4.12. The summed E-state index contributed by atoms with van der Waals surface area (Å²) in [6.45, 7) is 0.256. The highest BCUT2D eigenvalue weighted by atomic mass is 32.1. The van der Waals surface area contributed by atoms with Crippen molar-refractivity contribution in [2.45, 2.75) is 51.4 Å². The summed E-state index contributed by atoms with van der Waals surface area (Å²) in [4.78, 5) is 3.21. The van der Waals surface area contributed by atoms with Crippen molar-refractivity contribution < 1.29 is 0 Å². The van der Waals surface area contributed by atoms with Gasteiger partial charge in [0, 0.05) is 21.0 Å². The van der Waals surface area contributed by atoms with Crippen LogP contribution in [0.4, 0.5) is 5.69 Å². The van der Waals surface area contributed by atoms with Crippen LogP contribution in [-0.4, -0.2) is 6.85 Å². The van der Waals surface area contributed by atoms with Crippen LogP contribution in [0.25, 0.3) is 10.4 Å². The summed E-state index contributed by atoms with van der Waals surface area (Å²) in [7, 11) is 0. The molecular weight excluding hydrogens is 417 g/mol. The number of benzene rings is 3. The maximum absolute atomic E-state index is 4.12. The van der Waals surface area contributed by atoms with Crippen LogP contribution in [0.2, 0.25) is 0 Å². The van der Waals surface area contributed by atoms with Gasteiger partial charge in [-0.25, -0.2) is 0 Å². The largest absolute Gasteiger partial charge is 0.419 e. The van der Waals surface area contributed by atoms with E-state index in [4.69, 9.17) is 0 Å². The van der Waals surface area contributed by atoms with Gasteiger partial charge in [0.1, 0.15) is 0 Å². The van der Waals surface area contributed by atoms with Gasteiger partial charge in [0.25, 0.3) is 0 Å². The summed E-state index contributed by atoms with van der Waals surface area (Å²) in [6.07, 6.45) is 9.54. The minimum Gasteiger partial charge on any atom is -0.419 e. The number of hydrogen-bond acceptors (Lipinski definition) is 2. The predicted molar refractivity (Wildman–Crippen MR) is 143 cm³/mol. The van der Waals surface area contributed by atoms with Crippen molar-refractivity contribution >= 4 is 34.8 Å². The van der Waals surface area contributed by atoms with E-state index in [2.05, 4.69) is 83.3 Å². The number of fused-ring (bicyclic) bond motifs is 3. The third-order valence-corrected chi connectivity index (χ3v) is 9.24. The van der Waals surface area contributed by atoms with Gasteiger partial charge in [-0.05, 0) is 84.6 Å². The van der Waals surface area contributed by atoms with Gasteiger partial charge >= 0.3 is 6.85 Å². The molecule has 162 valence electrons. The molecule has 0 saturated carbocycles. The topological polar surface area (TPSA) is 12.0 Å². The first-order valence-corrected chi connectivity index (χ1v) is 13.4. The molecule has 0 radical (unpaired) electrons. The second kappa shape index (κ2) is 7.92. The zero-order valence-electron chi connectivity index (χ0n) is 19.0. The molecule has 3 heteroatoms. The smallest absolute Gasteiger partial charge is 0.322 e. The average molecular weight is 445 g/mol. The molecule has 0 atom stereocenters. The molecule has 2 heterocycles. The summed E-state index contributed by atoms with van der Waals surface area (Å²) < 4.78 is 0. The lowest BCUT2D eigenvalue weighted by Crippen LogP contribution is -2.53. The van der Waals surface area contributed by atoms with Crippen LogP contribution < -0.4 is 16.2 Å². The molecule has 5 aliphatic carbocycles. The van der Waals surface area contributed by atoms with Gasteiger partial charge in [0.15, 0.2) is 0 Å². The molecule has 3 aromatic carbocycles. The van der Waals surface area contributed by atoms with Gasteiger partial charge in [-0.1, -0.05) is 72.2 Å². The van der Waals surface area contributed by atoms with E-state index in [9.17, 15) is 0 Å². The molecule has 1 N–H and O–H groups in total. The van der Waals surface area contributed by atoms with Crippen molar-refractivity contribution in [3.8, 4) is 10.4 Å². The Morgan fingerprint density at radius 3 is 2.15 bits per heavy atom. The second-order valence-corrected chi connectivity index (χ2v) is 11.0. The van der Waals surface area contributed by atoms with Crippen LogP contribution in [0.15, 0.2) is 66.7 Å². The molecule has 6 aliphatic rings. The van der Waals surface area contributed by atoms with Gasteiger partial charge in [-0.3, -0.25) is 0 Å². The third-order valence-electron chi connectivity index (χ3n) is 7.92. The van der Waals surface area contributed by atoms with Crippen LogP contribution in [0.5, 0.6) is 0 Å². The molecule has 4 bridgehead atoms. The molecule has 0 saturated heterocycles. The number of nitrogens with one attached hydrogen (secondary N) is 1. The van der Waals surface area contributed by atoms with Crippen molar-refractivity contribution in [1.29, 1.82) is 0 Å². The third kappa shape index (κ3) is 3.28. The van der Waals surface area contributed by atoms with Gasteiger partial charge in [0.2, 0.25) is 0 Å². The van der Waals surface area contributed by atoms with Crippen LogP contribution in [0.1, 0.15) is 45.5 Å². The highest BCUT2D eigenvalue weighted by Crippen LogP contribution is 2.44. The Balaban J connectivity index is 1.45. The van der Waals surface area contributed by atoms with E-state index >= 15 is 0 Å². The van der Waals surface area contributed by atoms with Gasteiger partial charge < -0.3 is 5.23 Å². The zero-order chi connectivity index (χ0) is 21.8. The zero-order valence-corrected chi connectivity index (χ0v) is 19.8. The predicted octanol–water partition coefficient (Wildman–Crippen LogP) is 5.71. The van der Waals surface area contributed by atoms with Gasteiger partial charge in [0.05, 0.1) is 0 Å². The fourth-order valence-corrected chi connectivity index (χ4v) is 7.67. The number of hydrogen-bond donors (Lipinski definition) is 1. The highest BCUT2D eigenvalue weighted by Gasteiger charge is 2.37. The highest BCUT2D eigenvalue weighted by molar-refractivity contribution is 7.18. The Morgan fingerprint density at radius 1 is 0.667 bits per heavy atom. The van der Waals surface area contributed by atoms with Gasteiger partial charge in [-0.2, -0.15) is 0 Å². The first kappa shape index (κ1) is 19.7. The monoisotopic (exact) mass is 445 g/mol. The molecule has 1 aliphatic heterocycles. The van der Waals surface area contributed by atoms with E-state index in [1.54, 1.807) is 20.8 Å². The summed E-state index contributed by atoms with van der Waals surface area (Å²) in [5.74, 6) is 0. The molecule has 0 spiro atoms. The van der Waals surface area contributed by atoms with E-state index in [0.29, 0.717) is 0 Å². The van der Waals surface area contributed by atoms with E-state index < -0.39 is 0 Å². The molecule has 0 unspecified atom stereocenters. The number of anilines is 1. The lowest BCUT2D eigenvalue weighted by Gasteiger charge is -2.31. The first-order valence-electron chi connectivity index (χ1n) is 12.5. The van der Waals surface area contributed by atoms with E-state index in [-0.39, 0.29) is 6.85 Å². The quantitative estimate of drug-likeness (QED) is 0.370. The molecule has 1 nitrogen and oxygen atoms in total. The number of rotatable bonds is 1. The van der Waals surface area contributed by atoms with Crippen LogP contribution >= 0.6 is 11.3 Å². The molecule has 1 aromatic heterocycles. The number of aryl methyl sites for hydroxylation is 5. The maximum Gasteiger partial charge on any atom is 0.322 e. The molecule has 33 heavy (non-hydrogen) atoms. The fraction of sp³-hybridized carbons (Fsp3) is 0.267. The Kier molecular flexibility index (Phi) is 4.72. The molecule has 4 aromatic rings. The lowest BCUT2D eigenvalue weighted by atomic mass is 9.47. The summed E-state index contributed by atoms with van der Waals surface area (Å²) >= 11 is 2.11. The van der Waals surface area contributed by atoms with Crippen molar-refractivity contribution in [2.75, 3.05) is 5.23 Å². The minimum absolute atomic E-state index is 0.256. The SMILES string of the molecule is c1ccc(B2Nc3c4ccc(c3-c3sc5c(c32)CCCC5)CCc2ccc(cc2)CC4)cc1. The van der Waals surface area contributed by atoms with Crippen molar-refractivity contribution in [2.24, 2.45) is 0 Å². The fourth-order valence-electron chi connectivity index (χ4n) is 6.15. The summed E-state index contributed by atoms with van der Waals surface area (Å²) in [6, 6.07) is 25.3. The van der Waals surface area contributed by atoms with Crippen LogP contribution in [0, 0.1) is 0 Å². The minimum atomic E-state index is 0.256. The Morgan fingerprint density at radius 2 is 1.36 bits per heavy atom.